The first-order chi connectivity index (χ1) is 19.7. The number of hydrogen-bond acceptors (Lipinski definition) is 6. The molecule has 2 aliphatic carbocycles. The van der Waals surface area contributed by atoms with Gasteiger partial charge in [-0.3, -0.25) is 0 Å². The monoisotopic (exact) mass is 627 g/mol. The van der Waals surface area contributed by atoms with Crippen molar-refractivity contribution in [1.82, 2.24) is 24.7 Å². The Morgan fingerprint density at radius 3 is 2.22 bits per heavy atom. The Bertz CT molecular complexity index is 1510. The molecule has 4 aromatic rings. The highest BCUT2D eigenvalue weighted by atomic mass is 79.9. The number of benzene rings is 1. The minimum Gasteiger partial charge on any atom is -0.356 e. The largest absolute Gasteiger partial charge is 0.416 e. The lowest BCUT2D eigenvalue weighted by atomic mass is 10.1. The predicted molar refractivity (Wildman–Crippen MR) is 157 cm³/mol. The molecule has 0 unspecified atom stereocenters. The normalized spacial score (nSPS) is 15.5. The van der Waals surface area contributed by atoms with Crippen molar-refractivity contribution in [2.75, 3.05) is 22.9 Å². The average Bonchev–Trinajstić information content (AvgIpc) is 3.87. The van der Waals surface area contributed by atoms with Gasteiger partial charge < -0.3 is 9.80 Å². The van der Waals surface area contributed by atoms with Gasteiger partial charge in [0.2, 0.25) is 5.95 Å². The zero-order valence-corrected chi connectivity index (χ0v) is 24.8. The van der Waals surface area contributed by atoms with Crippen LogP contribution in [-0.4, -0.2) is 37.8 Å². The number of aromatic nitrogens is 5. The third kappa shape index (κ3) is 6.66. The summed E-state index contributed by atoms with van der Waals surface area (Å²) in [7, 11) is 0. The Morgan fingerprint density at radius 1 is 0.927 bits per heavy atom. The van der Waals surface area contributed by atoms with Gasteiger partial charge in [-0.25, -0.2) is 19.6 Å². The SMILES string of the molecule is CCn1ncc2cc(CN(Cc3cc(C)cc(C(F)(F)F)c3)c3ncc(Br)cn3)c(N(CC3CC3)CC3CC3)nc21. The quantitative estimate of drug-likeness (QED) is 0.176. The molecular weight excluding hydrogens is 595 g/mol. The summed E-state index contributed by atoms with van der Waals surface area (Å²) in [5.41, 5.74) is 2.29. The number of hydrogen-bond donors (Lipinski definition) is 0. The molecule has 2 fully saturated rings. The van der Waals surface area contributed by atoms with Crippen LogP contribution in [-0.2, 0) is 25.8 Å². The molecule has 3 heterocycles. The zero-order valence-electron chi connectivity index (χ0n) is 23.2. The van der Waals surface area contributed by atoms with E-state index in [1.807, 2.05) is 15.8 Å². The van der Waals surface area contributed by atoms with E-state index >= 15 is 0 Å². The maximum atomic E-state index is 13.7. The zero-order chi connectivity index (χ0) is 28.7. The van der Waals surface area contributed by atoms with Crippen LogP contribution in [0.3, 0.4) is 0 Å². The van der Waals surface area contributed by atoms with Gasteiger partial charge in [0.15, 0.2) is 5.65 Å². The molecular formula is C30H33BrF3N7. The lowest BCUT2D eigenvalue weighted by Crippen LogP contribution is -2.32. The fourth-order valence-corrected chi connectivity index (χ4v) is 5.55. The summed E-state index contributed by atoms with van der Waals surface area (Å²) >= 11 is 3.40. The maximum absolute atomic E-state index is 13.7. The van der Waals surface area contributed by atoms with Crippen molar-refractivity contribution in [2.24, 2.45) is 11.8 Å². The van der Waals surface area contributed by atoms with Gasteiger partial charge in [0.1, 0.15) is 5.82 Å². The fourth-order valence-electron chi connectivity index (χ4n) is 5.34. The fraction of sp³-hybridized carbons (Fsp3) is 0.467. The molecule has 0 N–H and O–H groups in total. The highest BCUT2D eigenvalue weighted by Gasteiger charge is 2.33. The molecule has 0 atom stereocenters. The van der Waals surface area contributed by atoms with E-state index in [1.54, 1.807) is 25.4 Å². The number of fused-ring (bicyclic) bond motifs is 1. The standard InChI is InChI=1S/C30H33BrF3N7/c1-3-41-28-23(12-37-41)11-24(27(38-28)39(15-20-4-5-20)16-21-6-7-21)18-40(29-35-13-26(31)14-36-29)17-22-8-19(2)9-25(10-22)30(32,33)34/h8-14,20-21H,3-7,15-18H2,1-2H3. The van der Waals surface area contributed by atoms with Crippen LogP contribution in [0.25, 0.3) is 11.0 Å². The van der Waals surface area contributed by atoms with E-state index < -0.39 is 11.7 Å². The smallest absolute Gasteiger partial charge is 0.356 e. The molecule has 7 nitrogen and oxygen atoms in total. The number of anilines is 2. The molecule has 6 rings (SSSR count). The van der Waals surface area contributed by atoms with Crippen molar-refractivity contribution in [3.8, 4) is 0 Å². The average molecular weight is 629 g/mol. The number of nitrogens with zero attached hydrogens (tertiary/aromatic N) is 7. The lowest BCUT2D eigenvalue weighted by molar-refractivity contribution is -0.137. The summed E-state index contributed by atoms with van der Waals surface area (Å²) in [6.45, 7) is 6.98. The van der Waals surface area contributed by atoms with Crippen LogP contribution in [0.2, 0.25) is 0 Å². The first-order valence-electron chi connectivity index (χ1n) is 14.2. The molecule has 1 aromatic carbocycles. The molecule has 3 aromatic heterocycles. The molecule has 0 amide bonds. The van der Waals surface area contributed by atoms with E-state index in [0.29, 0.717) is 42.0 Å². The van der Waals surface area contributed by atoms with E-state index in [4.69, 9.17) is 4.98 Å². The Hall–Kier alpha value is -3.21. The maximum Gasteiger partial charge on any atom is 0.416 e. The second kappa shape index (κ2) is 11.2. The summed E-state index contributed by atoms with van der Waals surface area (Å²) in [6, 6.07) is 6.33. The number of halogens is 4. The Morgan fingerprint density at radius 2 is 1.61 bits per heavy atom. The number of pyridine rings is 1. The summed E-state index contributed by atoms with van der Waals surface area (Å²) in [5.74, 6) is 2.71. The number of aryl methyl sites for hydroxylation is 2. The minimum atomic E-state index is -4.42. The van der Waals surface area contributed by atoms with Gasteiger partial charge in [0.05, 0.1) is 16.2 Å². The number of alkyl halides is 3. The second-order valence-corrected chi connectivity index (χ2v) is 12.3. The third-order valence-electron chi connectivity index (χ3n) is 7.71. The molecule has 41 heavy (non-hydrogen) atoms. The van der Waals surface area contributed by atoms with E-state index in [-0.39, 0.29) is 6.54 Å². The van der Waals surface area contributed by atoms with Crippen molar-refractivity contribution in [1.29, 1.82) is 0 Å². The van der Waals surface area contributed by atoms with Gasteiger partial charge in [-0.15, -0.1) is 0 Å². The third-order valence-corrected chi connectivity index (χ3v) is 8.12. The molecule has 0 bridgehead atoms. The first kappa shape index (κ1) is 27.9. The van der Waals surface area contributed by atoms with Gasteiger partial charge in [-0.1, -0.05) is 11.6 Å². The Balaban J connectivity index is 1.42. The molecule has 0 radical (unpaired) electrons. The Kier molecular flexibility index (Phi) is 7.65. The van der Waals surface area contributed by atoms with Gasteiger partial charge in [-0.05, 0) is 91.1 Å². The molecule has 0 spiro atoms. The van der Waals surface area contributed by atoms with Crippen LogP contribution in [0.4, 0.5) is 24.9 Å². The predicted octanol–water partition coefficient (Wildman–Crippen LogP) is 7.16. The topological polar surface area (TPSA) is 63.0 Å². The Labute approximate surface area is 245 Å². The highest BCUT2D eigenvalue weighted by molar-refractivity contribution is 9.10. The summed E-state index contributed by atoms with van der Waals surface area (Å²) in [5, 5.41) is 5.48. The summed E-state index contributed by atoms with van der Waals surface area (Å²) < 4.78 is 43.7. The molecule has 0 aliphatic heterocycles. The van der Waals surface area contributed by atoms with Crippen molar-refractivity contribution >= 4 is 38.7 Å². The van der Waals surface area contributed by atoms with E-state index in [2.05, 4.69) is 48.9 Å². The minimum absolute atomic E-state index is 0.212. The van der Waals surface area contributed by atoms with Crippen LogP contribution in [0.15, 0.2) is 47.3 Å². The van der Waals surface area contributed by atoms with Crippen molar-refractivity contribution in [3.05, 3.63) is 69.6 Å². The molecule has 11 heteroatoms. The van der Waals surface area contributed by atoms with E-state index in [9.17, 15) is 13.2 Å². The van der Waals surface area contributed by atoms with Crippen LogP contribution >= 0.6 is 15.9 Å². The van der Waals surface area contributed by atoms with Gasteiger partial charge in [-0.2, -0.15) is 18.3 Å². The van der Waals surface area contributed by atoms with Crippen molar-refractivity contribution < 1.29 is 13.2 Å². The van der Waals surface area contributed by atoms with Crippen LogP contribution in [0.5, 0.6) is 0 Å². The molecule has 0 saturated heterocycles. The van der Waals surface area contributed by atoms with Gasteiger partial charge in [0.25, 0.3) is 0 Å². The van der Waals surface area contributed by atoms with Crippen LogP contribution in [0, 0.1) is 18.8 Å². The molecule has 2 aliphatic rings. The van der Waals surface area contributed by atoms with Gasteiger partial charge in [0, 0.05) is 56.1 Å². The highest BCUT2D eigenvalue weighted by Crippen LogP contribution is 2.38. The lowest BCUT2D eigenvalue weighted by Gasteiger charge is -2.29. The van der Waals surface area contributed by atoms with Crippen LogP contribution in [0.1, 0.15) is 54.9 Å². The molecule has 2 saturated carbocycles. The van der Waals surface area contributed by atoms with Crippen LogP contribution < -0.4 is 9.80 Å². The summed E-state index contributed by atoms with van der Waals surface area (Å²) in [4.78, 5) is 18.6. The second-order valence-electron chi connectivity index (χ2n) is 11.4. The van der Waals surface area contributed by atoms with E-state index in [0.717, 1.165) is 40.0 Å². The van der Waals surface area contributed by atoms with E-state index in [1.165, 1.54) is 37.8 Å². The van der Waals surface area contributed by atoms with Gasteiger partial charge >= 0.3 is 6.18 Å². The molecule has 216 valence electrons. The number of rotatable bonds is 11. The first-order valence-corrected chi connectivity index (χ1v) is 15.0. The van der Waals surface area contributed by atoms with Crippen molar-refractivity contribution in [3.63, 3.8) is 0 Å². The summed E-state index contributed by atoms with van der Waals surface area (Å²) in [6.07, 6.45) is 5.67. The van der Waals surface area contributed by atoms with Crippen molar-refractivity contribution in [2.45, 2.75) is 65.3 Å².